The number of rotatable bonds is 10. The largest absolute Gasteiger partial charge is 0.462 e. The lowest BCUT2D eigenvalue weighted by Gasteiger charge is -2.12. The third-order valence-electron chi connectivity index (χ3n) is 6.16. The topological polar surface area (TPSA) is 122 Å². The minimum atomic E-state index is -0.751. The first-order chi connectivity index (χ1) is 18.7. The Kier molecular flexibility index (Phi) is 8.10. The highest BCUT2D eigenvalue weighted by molar-refractivity contribution is 5.84. The first-order valence-electron chi connectivity index (χ1n) is 12.1. The fourth-order valence-electron chi connectivity index (χ4n) is 4.07. The van der Waals surface area contributed by atoms with E-state index >= 15 is 0 Å². The summed E-state index contributed by atoms with van der Waals surface area (Å²) in [4.78, 5) is 48.2. The number of ether oxygens (including phenoxy) is 3. The Morgan fingerprint density at radius 2 is 1.15 bits per heavy atom. The maximum atomic E-state index is 12.9. The highest BCUT2D eigenvalue weighted by Crippen LogP contribution is 2.31. The Bertz CT molecular complexity index is 1600. The SMILES string of the molecule is C=CC(=O)OCCc1ccc2c(C)c(Oc3c(C)c4ccc(CCOC(=O)C=C)cc4oc3=O)c(=O)oc2c1. The zero-order valence-electron chi connectivity index (χ0n) is 21.5. The van der Waals surface area contributed by atoms with E-state index in [2.05, 4.69) is 13.2 Å². The van der Waals surface area contributed by atoms with Crippen LogP contribution in [0, 0.1) is 13.8 Å². The molecule has 9 nitrogen and oxygen atoms in total. The Hall–Kier alpha value is -4.92. The number of fused-ring (bicyclic) bond motifs is 2. The van der Waals surface area contributed by atoms with Crippen LogP contribution in [0.25, 0.3) is 21.9 Å². The van der Waals surface area contributed by atoms with Crippen molar-refractivity contribution in [2.24, 2.45) is 0 Å². The second-order valence-corrected chi connectivity index (χ2v) is 8.69. The van der Waals surface area contributed by atoms with E-state index in [-0.39, 0.29) is 24.7 Å². The molecule has 0 fully saturated rings. The predicted molar refractivity (Wildman–Crippen MR) is 144 cm³/mol. The van der Waals surface area contributed by atoms with Crippen LogP contribution in [0.1, 0.15) is 22.3 Å². The van der Waals surface area contributed by atoms with Gasteiger partial charge in [-0.1, -0.05) is 37.4 Å². The van der Waals surface area contributed by atoms with Crippen LogP contribution in [0.5, 0.6) is 11.5 Å². The highest BCUT2D eigenvalue weighted by atomic mass is 16.5. The third-order valence-corrected chi connectivity index (χ3v) is 6.16. The van der Waals surface area contributed by atoms with Gasteiger partial charge in [0, 0.05) is 46.9 Å². The molecule has 9 heteroatoms. The van der Waals surface area contributed by atoms with Crippen LogP contribution < -0.4 is 16.0 Å². The third kappa shape index (κ3) is 5.98. The van der Waals surface area contributed by atoms with Gasteiger partial charge in [0.15, 0.2) is 0 Å². The summed E-state index contributed by atoms with van der Waals surface area (Å²) >= 11 is 0. The van der Waals surface area contributed by atoms with Crippen LogP contribution >= 0.6 is 0 Å². The van der Waals surface area contributed by atoms with Crippen molar-refractivity contribution in [1.29, 1.82) is 0 Å². The molecule has 0 N–H and O–H groups in total. The second kappa shape index (κ2) is 11.6. The lowest BCUT2D eigenvalue weighted by atomic mass is 10.1. The molecule has 4 rings (SSSR count). The van der Waals surface area contributed by atoms with Crippen LogP contribution in [-0.4, -0.2) is 25.2 Å². The number of benzene rings is 2. The maximum absolute atomic E-state index is 12.9. The first-order valence-corrected chi connectivity index (χ1v) is 12.1. The molecule has 0 aliphatic rings. The van der Waals surface area contributed by atoms with Gasteiger partial charge in [0.05, 0.1) is 13.2 Å². The minimum Gasteiger partial charge on any atom is -0.462 e. The molecule has 0 radical (unpaired) electrons. The molecule has 39 heavy (non-hydrogen) atoms. The van der Waals surface area contributed by atoms with Gasteiger partial charge in [-0.2, -0.15) is 0 Å². The summed E-state index contributed by atoms with van der Waals surface area (Å²) in [6.07, 6.45) is 3.03. The van der Waals surface area contributed by atoms with Gasteiger partial charge in [0.2, 0.25) is 11.5 Å². The summed E-state index contributed by atoms with van der Waals surface area (Å²) in [7, 11) is 0. The van der Waals surface area contributed by atoms with Crippen LogP contribution in [0.15, 0.2) is 80.1 Å². The first kappa shape index (κ1) is 27.1. The zero-order valence-corrected chi connectivity index (χ0v) is 21.5. The fraction of sp³-hybridized carbons (Fsp3) is 0.200. The number of carbonyl (C=O) groups excluding carboxylic acids is 2. The van der Waals surface area contributed by atoms with Crippen molar-refractivity contribution in [2.45, 2.75) is 26.7 Å². The summed E-state index contributed by atoms with van der Waals surface area (Å²) in [5.41, 5.74) is 1.78. The highest BCUT2D eigenvalue weighted by Gasteiger charge is 2.20. The summed E-state index contributed by atoms with van der Waals surface area (Å²) in [6, 6.07) is 10.6. The number of hydrogen-bond donors (Lipinski definition) is 0. The van der Waals surface area contributed by atoms with Crippen LogP contribution in [0.3, 0.4) is 0 Å². The smallest absolute Gasteiger partial charge is 0.379 e. The van der Waals surface area contributed by atoms with Crippen molar-refractivity contribution < 1.29 is 32.6 Å². The van der Waals surface area contributed by atoms with Gasteiger partial charge >= 0.3 is 23.2 Å². The lowest BCUT2D eigenvalue weighted by molar-refractivity contribution is -0.138. The zero-order chi connectivity index (χ0) is 28.1. The molecular formula is C30H26O9. The molecule has 0 amide bonds. The summed E-state index contributed by atoms with van der Waals surface area (Å²) < 4.78 is 26.8. The van der Waals surface area contributed by atoms with Crippen LogP contribution in [0.2, 0.25) is 0 Å². The maximum Gasteiger partial charge on any atom is 0.379 e. The molecular weight excluding hydrogens is 504 g/mol. The van der Waals surface area contributed by atoms with E-state index in [9.17, 15) is 19.2 Å². The normalized spacial score (nSPS) is 10.8. The van der Waals surface area contributed by atoms with E-state index in [0.717, 1.165) is 23.3 Å². The van der Waals surface area contributed by atoms with Crippen molar-refractivity contribution in [3.05, 3.63) is 105 Å². The van der Waals surface area contributed by atoms with Crippen molar-refractivity contribution in [3.8, 4) is 11.5 Å². The molecule has 200 valence electrons. The molecule has 0 spiro atoms. The molecule has 2 heterocycles. The number of esters is 2. The average Bonchev–Trinajstić information content (AvgIpc) is 2.92. The molecule has 0 saturated heterocycles. The molecule has 0 aliphatic heterocycles. The Balaban J connectivity index is 1.61. The van der Waals surface area contributed by atoms with Crippen molar-refractivity contribution in [1.82, 2.24) is 0 Å². The monoisotopic (exact) mass is 530 g/mol. The summed E-state index contributed by atoms with van der Waals surface area (Å²) in [6.45, 7) is 10.4. The second-order valence-electron chi connectivity index (χ2n) is 8.69. The number of carbonyl (C=O) groups is 2. The van der Waals surface area contributed by atoms with Crippen molar-refractivity contribution in [3.63, 3.8) is 0 Å². The van der Waals surface area contributed by atoms with E-state index in [1.807, 2.05) is 12.1 Å². The molecule has 0 bridgehead atoms. The van der Waals surface area contributed by atoms with Crippen LogP contribution in [0.4, 0.5) is 0 Å². The molecule has 2 aromatic carbocycles. The quantitative estimate of drug-likeness (QED) is 0.161. The van der Waals surface area contributed by atoms with Gasteiger partial charge < -0.3 is 23.0 Å². The molecule has 4 aromatic rings. The Morgan fingerprint density at radius 1 is 0.744 bits per heavy atom. The van der Waals surface area contributed by atoms with Crippen molar-refractivity contribution >= 4 is 33.9 Å². The van der Waals surface area contributed by atoms with Gasteiger partial charge in [-0.25, -0.2) is 19.2 Å². The van der Waals surface area contributed by atoms with E-state index in [1.54, 1.807) is 38.1 Å². The number of aryl methyl sites for hydroxylation is 2. The minimum absolute atomic E-state index is 0.120. The standard InChI is InChI=1S/C30H26O9/c1-5-25(31)35-13-11-19-7-9-21-17(3)27(29(33)37-23(21)15-19)39-28-18(4)22-10-8-20(12-14-36-26(32)6-2)16-24(22)38-30(28)34/h5-10,15-16H,1-2,11-14H2,3-4H3. The van der Waals surface area contributed by atoms with Gasteiger partial charge in [-0.15, -0.1) is 0 Å². The summed E-state index contributed by atoms with van der Waals surface area (Å²) in [5.74, 6) is -1.27. The van der Waals surface area contributed by atoms with E-state index in [0.29, 0.717) is 45.9 Å². The van der Waals surface area contributed by atoms with E-state index < -0.39 is 23.2 Å². The number of hydrogen-bond acceptors (Lipinski definition) is 9. The van der Waals surface area contributed by atoms with E-state index in [4.69, 9.17) is 23.0 Å². The van der Waals surface area contributed by atoms with Gasteiger partial charge in [-0.3, -0.25) is 0 Å². The van der Waals surface area contributed by atoms with E-state index in [1.165, 1.54) is 0 Å². The molecule has 0 atom stereocenters. The van der Waals surface area contributed by atoms with Gasteiger partial charge in [0.1, 0.15) is 11.2 Å². The van der Waals surface area contributed by atoms with Crippen LogP contribution in [-0.2, 0) is 31.9 Å². The molecule has 0 aliphatic carbocycles. The molecule has 0 saturated carbocycles. The summed E-state index contributed by atoms with van der Waals surface area (Å²) in [5, 5.41) is 1.25. The van der Waals surface area contributed by atoms with Crippen molar-refractivity contribution in [2.75, 3.05) is 13.2 Å². The lowest BCUT2D eigenvalue weighted by Crippen LogP contribution is -2.12. The average molecular weight is 531 g/mol. The van der Waals surface area contributed by atoms with Gasteiger partial charge in [-0.05, 0) is 37.1 Å². The predicted octanol–water partition coefficient (Wildman–Crippen LogP) is 4.85. The fourth-order valence-corrected chi connectivity index (χ4v) is 4.07. The molecule has 2 aromatic heterocycles. The molecule has 0 unspecified atom stereocenters. The van der Waals surface area contributed by atoms with Gasteiger partial charge in [0.25, 0.3) is 0 Å². The Labute approximate surface area is 222 Å². The Morgan fingerprint density at radius 3 is 1.54 bits per heavy atom.